The zero-order valence-electron chi connectivity index (χ0n) is 43.3. The minimum Gasteiger partial charge on any atom is -0.462 e. The second-order valence-corrected chi connectivity index (χ2v) is 18.8. The van der Waals surface area contributed by atoms with Gasteiger partial charge >= 0.3 is 17.9 Å². The van der Waals surface area contributed by atoms with Crippen LogP contribution in [0.5, 0.6) is 0 Å². The molecule has 65 heavy (non-hydrogen) atoms. The van der Waals surface area contributed by atoms with Crippen molar-refractivity contribution in [3.05, 3.63) is 48.6 Å². The molecule has 1 unspecified atom stereocenters. The molecule has 0 N–H and O–H groups in total. The van der Waals surface area contributed by atoms with Crippen LogP contribution in [0.15, 0.2) is 48.6 Å². The molecule has 0 aromatic carbocycles. The van der Waals surface area contributed by atoms with Crippen molar-refractivity contribution in [3.63, 3.8) is 0 Å². The van der Waals surface area contributed by atoms with Crippen molar-refractivity contribution in [2.75, 3.05) is 13.2 Å². The number of ether oxygens (including phenoxy) is 3. The number of allylic oxidation sites excluding steroid dienone is 8. The fraction of sp³-hybridized carbons (Fsp3) is 0.814. The van der Waals surface area contributed by atoms with Gasteiger partial charge in [0.1, 0.15) is 13.2 Å². The zero-order chi connectivity index (χ0) is 47.2. The average Bonchev–Trinajstić information content (AvgIpc) is 3.30. The molecule has 0 saturated heterocycles. The van der Waals surface area contributed by atoms with Crippen molar-refractivity contribution in [2.24, 2.45) is 0 Å². The van der Waals surface area contributed by atoms with Gasteiger partial charge in [0.15, 0.2) is 6.10 Å². The van der Waals surface area contributed by atoms with E-state index in [0.29, 0.717) is 19.3 Å². The summed E-state index contributed by atoms with van der Waals surface area (Å²) < 4.78 is 16.8. The monoisotopic (exact) mass is 911 g/mol. The highest BCUT2D eigenvalue weighted by molar-refractivity contribution is 5.71. The van der Waals surface area contributed by atoms with Gasteiger partial charge in [0.05, 0.1) is 0 Å². The van der Waals surface area contributed by atoms with Gasteiger partial charge in [-0.05, 0) is 70.6 Å². The summed E-state index contributed by atoms with van der Waals surface area (Å²) >= 11 is 0. The molecule has 0 spiro atoms. The van der Waals surface area contributed by atoms with Crippen LogP contribution in [0, 0.1) is 0 Å². The van der Waals surface area contributed by atoms with Gasteiger partial charge in [0, 0.05) is 19.3 Å². The predicted octanol–water partition coefficient (Wildman–Crippen LogP) is 18.7. The SMILES string of the molecule is CCCCC/C=C\C/C=C\CCCCCCCCCC(=O)OCC(COC(=O)CC/C=C\C/C=C\CCCCCCCC)OC(=O)CCCCCCCCCCCCCCCCCCC. The van der Waals surface area contributed by atoms with Crippen molar-refractivity contribution in [1.82, 2.24) is 0 Å². The van der Waals surface area contributed by atoms with E-state index in [2.05, 4.69) is 63.3 Å². The third-order valence-electron chi connectivity index (χ3n) is 12.3. The van der Waals surface area contributed by atoms with E-state index in [1.165, 1.54) is 180 Å². The third-order valence-corrected chi connectivity index (χ3v) is 12.3. The summed E-state index contributed by atoms with van der Waals surface area (Å²) in [5.41, 5.74) is 0. The van der Waals surface area contributed by atoms with Crippen molar-refractivity contribution < 1.29 is 28.6 Å². The van der Waals surface area contributed by atoms with Crippen LogP contribution in [-0.4, -0.2) is 37.2 Å². The summed E-state index contributed by atoms with van der Waals surface area (Å²) in [6, 6.07) is 0. The molecule has 0 aliphatic heterocycles. The largest absolute Gasteiger partial charge is 0.462 e. The van der Waals surface area contributed by atoms with Crippen molar-refractivity contribution in [1.29, 1.82) is 0 Å². The summed E-state index contributed by atoms with van der Waals surface area (Å²) in [5.74, 6) is -0.956. The van der Waals surface area contributed by atoms with E-state index < -0.39 is 6.10 Å². The summed E-state index contributed by atoms with van der Waals surface area (Å²) in [6.45, 7) is 6.58. The molecule has 0 saturated carbocycles. The molecule has 0 rings (SSSR count). The summed E-state index contributed by atoms with van der Waals surface area (Å²) in [4.78, 5) is 38.0. The Morgan fingerprint density at radius 3 is 0.969 bits per heavy atom. The lowest BCUT2D eigenvalue weighted by Crippen LogP contribution is -2.30. The second kappa shape index (κ2) is 54.0. The topological polar surface area (TPSA) is 78.9 Å². The van der Waals surface area contributed by atoms with E-state index >= 15 is 0 Å². The molecule has 0 radical (unpaired) electrons. The normalized spacial score (nSPS) is 12.4. The summed E-state index contributed by atoms with van der Waals surface area (Å²) in [6.07, 6.45) is 65.4. The fourth-order valence-corrected chi connectivity index (χ4v) is 8.06. The first-order chi connectivity index (χ1) is 32.0. The van der Waals surface area contributed by atoms with Crippen LogP contribution in [0.3, 0.4) is 0 Å². The smallest absolute Gasteiger partial charge is 0.306 e. The number of carbonyl (C=O) groups excluding carboxylic acids is 3. The van der Waals surface area contributed by atoms with Crippen molar-refractivity contribution in [3.8, 4) is 0 Å². The highest BCUT2D eigenvalue weighted by Gasteiger charge is 2.19. The number of unbranched alkanes of at least 4 members (excludes halogenated alkanes) is 32. The lowest BCUT2D eigenvalue weighted by molar-refractivity contribution is -0.166. The molecule has 0 aliphatic rings. The van der Waals surface area contributed by atoms with Crippen molar-refractivity contribution >= 4 is 17.9 Å². The van der Waals surface area contributed by atoms with Gasteiger partial charge in [-0.2, -0.15) is 0 Å². The highest BCUT2D eigenvalue weighted by Crippen LogP contribution is 2.16. The Hall–Kier alpha value is -2.63. The van der Waals surface area contributed by atoms with E-state index in [9.17, 15) is 14.4 Å². The van der Waals surface area contributed by atoms with Gasteiger partial charge in [0.25, 0.3) is 0 Å². The summed E-state index contributed by atoms with van der Waals surface area (Å²) in [7, 11) is 0. The molecule has 0 bridgehead atoms. The molecule has 0 aromatic rings. The molecular formula is C59H106O6. The zero-order valence-corrected chi connectivity index (χ0v) is 43.3. The van der Waals surface area contributed by atoms with E-state index in [4.69, 9.17) is 14.2 Å². The number of hydrogen-bond donors (Lipinski definition) is 0. The first-order valence-corrected chi connectivity index (χ1v) is 28.1. The molecule has 0 amide bonds. The summed E-state index contributed by atoms with van der Waals surface area (Å²) in [5, 5.41) is 0. The average molecular weight is 911 g/mol. The molecule has 378 valence electrons. The first kappa shape index (κ1) is 62.4. The fourth-order valence-electron chi connectivity index (χ4n) is 8.06. The molecule has 1 atom stereocenters. The number of hydrogen-bond acceptors (Lipinski definition) is 6. The highest BCUT2D eigenvalue weighted by atomic mass is 16.6. The molecule has 0 heterocycles. The van der Waals surface area contributed by atoms with E-state index in [1.807, 2.05) is 6.08 Å². The van der Waals surface area contributed by atoms with Crippen LogP contribution in [0.1, 0.15) is 290 Å². The first-order valence-electron chi connectivity index (χ1n) is 28.1. The number of rotatable bonds is 51. The molecule has 0 aliphatic carbocycles. The Morgan fingerprint density at radius 2 is 0.585 bits per heavy atom. The van der Waals surface area contributed by atoms with Crippen LogP contribution < -0.4 is 0 Å². The Balaban J connectivity index is 4.40. The maximum Gasteiger partial charge on any atom is 0.306 e. The van der Waals surface area contributed by atoms with Gasteiger partial charge < -0.3 is 14.2 Å². The minimum absolute atomic E-state index is 0.0917. The molecule has 0 aromatic heterocycles. The van der Waals surface area contributed by atoms with E-state index in [1.54, 1.807) is 0 Å². The second-order valence-electron chi connectivity index (χ2n) is 18.8. The van der Waals surface area contributed by atoms with Crippen LogP contribution in [-0.2, 0) is 28.6 Å². The molecule has 6 heteroatoms. The minimum atomic E-state index is -0.796. The van der Waals surface area contributed by atoms with Crippen LogP contribution >= 0.6 is 0 Å². The van der Waals surface area contributed by atoms with E-state index in [-0.39, 0.29) is 37.5 Å². The van der Waals surface area contributed by atoms with E-state index in [0.717, 1.165) is 64.2 Å². The Labute approximate surface area is 403 Å². The molecule has 0 fully saturated rings. The molecular weight excluding hydrogens is 805 g/mol. The number of esters is 3. The predicted molar refractivity (Wildman–Crippen MR) is 279 cm³/mol. The van der Waals surface area contributed by atoms with Gasteiger partial charge in [-0.3, -0.25) is 14.4 Å². The van der Waals surface area contributed by atoms with Crippen LogP contribution in [0.2, 0.25) is 0 Å². The Bertz CT molecular complexity index is 1140. The lowest BCUT2D eigenvalue weighted by Gasteiger charge is -2.18. The van der Waals surface area contributed by atoms with Crippen molar-refractivity contribution in [2.45, 2.75) is 297 Å². The van der Waals surface area contributed by atoms with Crippen LogP contribution in [0.25, 0.3) is 0 Å². The third kappa shape index (κ3) is 52.2. The Morgan fingerprint density at radius 1 is 0.308 bits per heavy atom. The standard InChI is InChI=1S/C59H106O6/c1-4-7-10-13-16-19-22-25-27-29-31-34-37-40-43-46-49-52-58(61)64-55-56(54-63-57(60)51-48-45-42-39-36-33-24-21-18-15-12-9-6-3)65-59(62)53-50-47-44-41-38-35-32-30-28-26-23-20-17-14-11-8-5-2/h16,19,25,27,33,36,42,45,56H,4-15,17-18,20-24,26,28-32,34-35,37-41,43-44,46-55H2,1-3H3/b19-16-,27-25-,36-33-,45-42-. The van der Waals surface area contributed by atoms with Gasteiger partial charge in [-0.25, -0.2) is 0 Å². The van der Waals surface area contributed by atoms with Gasteiger partial charge in [-0.15, -0.1) is 0 Å². The quantitative estimate of drug-likeness (QED) is 0.0262. The van der Waals surface area contributed by atoms with Crippen LogP contribution in [0.4, 0.5) is 0 Å². The van der Waals surface area contributed by atoms with Gasteiger partial charge in [0.2, 0.25) is 0 Å². The maximum absolute atomic E-state index is 12.8. The lowest BCUT2D eigenvalue weighted by atomic mass is 10.0. The molecule has 6 nitrogen and oxygen atoms in total. The van der Waals surface area contributed by atoms with Gasteiger partial charge in [-0.1, -0.05) is 249 Å². The Kier molecular flexibility index (Phi) is 51.8. The number of carbonyl (C=O) groups is 3. The maximum atomic E-state index is 12.8.